The fourth-order valence-electron chi connectivity index (χ4n) is 3.46. The molecule has 2 aliphatic heterocycles. The average molecular weight is 400 g/mol. The first-order chi connectivity index (χ1) is 12.7. The topological polar surface area (TPSA) is 46.1 Å². The van der Waals surface area contributed by atoms with E-state index >= 15 is 0 Å². The predicted molar refractivity (Wildman–Crippen MR) is 106 cm³/mol. The second-order valence-electron chi connectivity index (χ2n) is 6.67. The van der Waals surface area contributed by atoms with Crippen LogP contribution in [-0.4, -0.2) is 62.5 Å². The minimum atomic E-state index is 0.127. The minimum absolute atomic E-state index is 0.127. The molecule has 0 bridgehead atoms. The summed E-state index contributed by atoms with van der Waals surface area (Å²) in [6, 6.07) is 5.63. The molecule has 26 heavy (non-hydrogen) atoms. The van der Waals surface area contributed by atoms with Gasteiger partial charge < -0.3 is 19.7 Å². The average Bonchev–Trinajstić information content (AvgIpc) is 3.15. The highest BCUT2D eigenvalue weighted by Crippen LogP contribution is 2.21. The van der Waals surface area contributed by atoms with Crippen molar-refractivity contribution < 1.29 is 9.47 Å². The van der Waals surface area contributed by atoms with Crippen molar-refractivity contribution in [3.63, 3.8) is 0 Å². The number of ether oxygens (including phenoxy) is 2. The number of hydrogen-bond acceptors (Lipinski definition) is 3. The summed E-state index contributed by atoms with van der Waals surface area (Å²) < 4.78 is 11.7. The van der Waals surface area contributed by atoms with Crippen molar-refractivity contribution in [2.24, 2.45) is 4.99 Å². The van der Waals surface area contributed by atoms with Crippen LogP contribution in [0.5, 0.6) is 0 Å². The van der Waals surface area contributed by atoms with Crippen LogP contribution in [-0.2, 0) is 15.9 Å². The minimum Gasteiger partial charge on any atom is -0.375 e. The number of morpholine rings is 1. The Kier molecular flexibility index (Phi) is 7.43. The van der Waals surface area contributed by atoms with Crippen LogP contribution in [0, 0.1) is 0 Å². The van der Waals surface area contributed by atoms with Gasteiger partial charge in [0, 0.05) is 42.8 Å². The van der Waals surface area contributed by atoms with Gasteiger partial charge in [0.05, 0.1) is 12.7 Å². The molecular weight excluding hydrogens is 373 g/mol. The van der Waals surface area contributed by atoms with Crippen molar-refractivity contribution in [1.82, 2.24) is 10.2 Å². The molecular formula is C19H27Cl2N3O2. The van der Waals surface area contributed by atoms with E-state index in [1.807, 2.05) is 12.1 Å². The Balaban J connectivity index is 1.60. The van der Waals surface area contributed by atoms with Crippen LogP contribution in [0.4, 0.5) is 0 Å². The maximum Gasteiger partial charge on any atom is 0.194 e. The van der Waals surface area contributed by atoms with E-state index in [0.29, 0.717) is 23.2 Å². The summed E-state index contributed by atoms with van der Waals surface area (Å²) in [6.07, 6.45) is 3.35. The van der Waals surface area contributed by atoms with Crippen LogP contribution < -0.4 is 5.32 Å². The van der Waals surface area contributed by atoms with Crippen LogP contribution >= 0.6 is 23.2 Å². The molecule has 1 aromatic rings. The molecule has 2 fully saturated rings. The van der Waals surface area contributed by atoms with Crippen LogP contribution in [0.3, 0.4) is 0 Å². The van der Waals surface area contributed by atoms with E-state index < -0.39 is 0 Å². The van der Waals surface area contributed by atoms with Crippen molar-refractivity contribution in [2.75, 3.05) is 39.4 Å². The Hall–Kier alpha value is -1.01. The maximum absolute atomic E-state index is 6.07. The number of rotatable bonds is 5. The lowest BCUT2D eigenvalue weighted by Crippen LogP contribution is -2.53. The van der Waals surface area contributed by atoms with Gasteiger partial charge in [0.1, 0.15) is 6.10 Å². The molecule has 5 nitrogen and oxygen atoms in total. The zero-order chi connectivity index (χ0) is 18.4. The van der Waals surface area contributed by atoms with Gasteiger partial charge in [-0.3, -0.25) is 4.99 Å². The van der Waals surface area contributed by atoms with Crippen molar-refractivity contribution >= 4 is 29.2 Å². The molecule has 0 saturated carbocycles. The van der Waals surface area contributed by atoms with E-state index in [1.165, 1.54) is 0 Å². The second kappa shape index (κ2) is 9.79. The zero-order valence-electron chi connectivity index (χ0n) is 15.2. The highest BCUT2D eigenvalue weighted by Gasteiger charge is 2.32. The highest BCUT2D eigenvalue weighted by atomic mass is 35.5. The van der Waals surface area contributed by atoms with Gasteiger partial charge >= 0.3 is 0 Å². The van der Waals surface area contributed by atoms with Crippen molar-refractivity contribution in [1.29, 1.82) is 0 Å². The van der Waals surface area contributed by atoms with E-state index in [4.69, 9.17) is 37.7 Å². The molecule has 2 atom stereocenters. The smallest absolute Gasteiger partial charge is 0.194 e. The highest BCUT2D eigenvalue weighted by molar-refractivity contribution is 6.34. The van der Waals surface area contributed by atoms with Crippen molar-refractivity contribution in [3.8, 4) is 0 Å². The number of halogens is 2. The summed E-state index contributed by atoms with van der Waals surface area (Å²) in [5.74, 6) is 0.937. The molecule has 7 heteroatoms. The summed E-state index contributed by atoms with van der Waals surface area (Å²) in [5.41, 5.74) is 1.10. The number of benzene rings is 1. The lowest BCUT2D eigenvalue weighted by Gasteiger charge is -2.37. The van der Waals surface area contributed by atoms with Crippen LogP contribution in [0.2, 0.25) is 10.0 Å². The van der Waals surface area contributed by atoms with Crippen LogP contribution in [0.25, 0.3) is 0 Å². The number of nitrogens with one attached hydrogen (secondary N) is 1. The Morgan fingerprint density at radius 3 is 2.65 bits per heavy atom. The predicted octanol–water partition coefficient (Wildman–Crippen LogP) is 3.38. The number of nitrogens with zero attached hydrogens (tertiary/aromatic N) is 2. The SMILES string of the molecule is CCNC(=NCCc1cc(Cl)cc(Cl)c1)N1CCOC(C2CCCO2)C1. The third-order valence-corrected chi connectivity index (χ3v) is 5.13. The molecule has 1 N–H and O–H groups in total. The zero-order valence-corrected chi connectivity index (χ0v) is 16.7. The molecule has 0 spiro atoms. The Morgan fingerprint density at radius 1 is 1.19 bits per heavy atom. The third kappa shape index (κ3) is 5.49. The molecule has 2 heterocycles. The molecule has 0 radical (unpaired) electrons. The summed E-state index contributed by atoms with van der Waals surface area (Å²) in [7, 11) is 0. The first-order valence-electron chi connectivity index (χ1n) is 9.37. The molecule has 0 amide bonds. The lowest BCUT2D eigenvalue weighted by molar-refractivity contribution is -0.0817. The first-order valence-corrected chi connectivity index (χ1v) is 10.1. The Bertz CT molecular complexity index is 601. The maximum atomic E-state index is 6.07. The van der Waals surface area contributed by atoms with Gasteiger partial charge in [0.25, 0.3) is 0 Å². The molecule has 2 unspecified atom stereocenters. The number of aliphatic imine (C=N–C) groups is 1. The van der Waals surface area contributed by atoms with Gasteiger partial charge in [-0.1, -0.05) is 23.2 Å². The molecule has 0 aromatic heterocycles. The van der Waals surface area contributed by atoms with Gasteiger partial charge in [-0.05, 0) is 49.9 Å². The standard InChI is InChI=1S/C19H27Cl2N3O2/c1-2-22-19(23-6-5-14-10-15(20)12-16(21)11-14)24-7-9-26-18(13-24)17-4-3-8-25-17/h10-12,17-18H,2-9,13H2,1H3,(H,22,23). The Morgan fingerprint density at radius 2 is 1.96 bits per heavy atom. The summed E-state index contributed by atoms with van der Waals surface area (Å²) in [6.45, 7) is 6.83. The van der Waals surface area contributed by atoms with E-state index in [1.54, 1.807) is 6.07 Å². The quantitative estimate of drug-likeness (QED) is 0.608. The van der Waals surface area contributed by atoms with E-state index in [9.17, 15) is 0 Å². The van der Waals surface area contributed by atoms with Crippen LogP contribution in [0.1, 0.15) is 25.3 Å². The first kappa shape index (κ1) is 19.7. The van der Waals surface area contributed by atoms with Gasteiger partial charge in [-0.15, -0.1) is 0 Å². The van der Waals surface area contributed by atoms with E-state index in [-0.39, 0.29) is 12.2 Å². The summed E-state index contributed by atoms with van der Waals surface area (Å²) in [5, 5.41) is 4.73. The van der Waals surface area contributed by atoms with Crippen LogP contribution in [0.15, 0.2) is 23.2 Å². The largest absolute Gasteiger partial charge is 0.375 e. The van der Waals surface area contributed by atoms with E-state index in [2.05, 4.69) is 17.1 Å². The normalized spacial score (nSPS) is 24.1. The fraction of sp³-hybridized carbons (Fsp3) is 0.632. The number of guanidine groups is 1. The molecule has 2 saturated heterocycles. The molecule has 1 aromatic carbocycles. The van der Waals surface area contributed by atoms with Gasteiger partial charge in [0.15, 0.2) is 5.96 Å². The summed E-state index contributed by atoms with van der Waals surface area (Å²) >= 11 is 12.1. The van der Waals surface area contributed by atoms with Gasteiger partial charge in [-0.2, -0.15) is 0 Å². The molecule has 144 valence electrons. The fourth-order valence-corrected chi connectivity index (χ4v) is 4.03. The lowest BCUT2D eigenvalue weighted by atomic mass is 10.1. The van der Waals surface area contributed by atoms with E-state index in [0.717, 1.165) is 57.0 Å². The Labute approximate surface area is 165 Å². The molecule has 2 aliphatic rings. The summed E-state index contributed by atoms with van der Waals surface area (Å²) in [4.78, 5) is 7.08. The molecule has 3 rings (SSSR count). The second-order valence-corrected chi connectivity index (χ2v) is 7.54. The van der Waals surface area contributed by atoms with Crippen molar-refractivity contribution in [3.05, 3.63) is 33.8 Å². The van der Waals surface area contributed by atoms with Gasteiger partial charge in [0.2, 0.25) is 0 Å². The third-order valence-electron chi connectivity index (χ3n) is 4.69. The van der Waals surface area contributed by atoms with Crippen molar-refractivity contribution in [2.45, 2.75) is 38.4 Å². The number of hydrogen-bond donors (Lipinski definition) is 1. The van der Waals surface area contributed by atoms with Gasteiger partial charge in [-0.25, -0.2) is 0 Å². The molecule has 0 aliphatic carbocycles. The monoisotopic (exact) mass is 399 g/mol.